The molecule has 1 aliphatic heterocycles. The molecule has 1 fully saturated rings. The van der Waals surface area contributed by atoms with Gasteiger partial charge < -0.3 is 14.6 Å². The van der Waals surface area contributed by atoms with E-state index < -0.39 is 5.97 Å². The highest BCUT2D eigenvalue weighted by Crippen LogP contribution is 2.27. The maximum absolute atomic E-state index is 10.7. The van der Waals surface area contributed by atoms with Gasteiger partial charge in [-0.05, 0) is 0 Å². The van der Waals surface area contributed by atoms with Crippen molar-refractivity contribution in [3.63, 3.8) is 0 Å². The molecule has 0 atom stereocenters. The fourth-order valence-corrected chi connectivity index (χ4v) is 1.32. The monoisotopic (exact) mass is 224 g/mol. The van der Waals surface area contributed by atoms with Crippen molar-refractivity contribution in [1.29, 1.82) is 0 Å². The first-order valence-corrected chi connectivity index (χ1v) is 4.86. The largest absolute Gasteiger partial charge is 0.478 e. The van der Waals surface area contributed by atoms with Gasteiger partial charge in [0.25, 0.3) is 0 Å². The second-order valence-corrected chi connectivity index (χ2v) is 4.18. The van der Waals surface area contributed by atoms with Crippen LogP contribution in [-0.2, 0) is 4.74 Å². The Hall–Kier alpha value is -1.69. The third-order valence-electron chi connectivity index (χ3n) is 2.35. The number of rotatable bonds is 4. The first-order valence-electron chi connectivity index (χ1n) is 4.86. The Morgan fingerprint density at radius 3 is 3.00 bits per heavy atom. The lowest BCUT2D eigenvalue weighted by Gasteiger charge is -2.37. The first-order chi connectivity index (χ1) is 7.59. The van der Waals surface area contributed by atoms with Crippen LogP contribution in [0.1, 0.15) is 17.3 Å². The third-order valence-corrected chi connectivity index (χ3v) is 2.35. The van der Waals surface area contributed by atoms with Crippen molar-refractivity contribution in [2.24, 2.45) is 5.41 Å². The predicted molar refractivity (Wildman–Crippen MR) is 53.4 cm³/mol. The van der Waals surface area contributed by atoms with Crippen LogP contribution in [0, 0.1) is 5.41 Å². The summed E-state index contributed by atoms with van der Waals surface area (Å²) in [5, 5.41) is 16.0. The van der Waals surface area contributed by atoms with E-state index >= 15 is 0 Å². The summed E-state index contributed by atoms with van der Waals surface area (Å²) in [6.45, 7) is 3.79. The molecule has 1 aromatic heterocycles. The van der Waals surface area contributed by atoms with E-state index in [-0.39, 0.29) is 16.9 Å². The molecule has 1 aromatic rings. The molecule has 0 aromatic carbocycles. The summed E-state index contributed by atoms with van der Waals surface area (Å²) >= 11 is 0. The van der Waals surface area contributed by atoms with Crippen LogP contribution in [-0.4, -0.2) is 41.1 Å². The number of hydrogen-bond acceptors (Lipinski definition) is 5. The Labute approximate surface area is 92.2 Å². The summed E-state index contributed by atoms with van der Waals surface area (Å²) in [6, 6.07) is 1.36. The molecular weight excluding hydrogens is 212 g/mol. The molecule has 6 heteroatoms. The normalized spacial score (nSPS) is 17.6. The van der Waals surface area contributed by atoms with Crippen molar-refractivity contribution in [2.75, 3.05) is 19.8 Å². The zero-order valence-corrected chi connectivity index (χ0v) is 8.84. The van der Waals surface area contributed by atoms with Crippen LogP contribution in [0.4, 0.5) is 0 Å². The molecule has 86 valence electrons. The highest BCUT2D eigenvalue weighted by atomic mass is 16.5. The van der Waals surface area contributed by atoms with E-state index in [0.29, 0.717) is 19.8 Å². The Balaban J connectivity index is 1.98. The lowest BCUT2D eigenvalue weighted by atomic mass is 9.90. The van der Waals surface area contributed by atoms with Gasteiger partial charge in [0, 0.05) is 11.5 Å². The Morgan fingerprint density at radius 2 is 2.44 bits per heavy atom. The van der Waals surface area contributed by atoms with Gasteiger partial charge in [-0.15, -0.1) is 5.10 Å². The van der Waals surface area contributed by atoms with Gasteiger partial charge >= 0.3 is 5.97 Å². The average Bonchev–Trinajstić information content (AvgIpc) is 2.24. The van der Waals surface area contributed by atoms with Gasteiger partial charge in [0.15, 0.2) is 0 Å². The summed E-state index contributed by atoms with van der Waals surface area (Å²) in [5.74, 6) is -0.814. The Morgan fingerprint density at radius 1 is 1.69 bits per heavy atom. The molecule has 1 aliphatic rings. The van der Waals surface area contributed by atoms with Crippen LogP contribution in [0.2, 0.25) is 0 Å². The topological polar surface area (TPSA) is 81.5 Å². The predicted octanol–water partition coefficient (Wildman–Crippen LogP) is 0.590. The molecule has 2 heterocycles. The van der Waals surface area contributed by atoms with Gasteiger partial charge in [-0.1, -0.05) is 6.92 Å². The Kier molecular flexibility index (Phi) is 2.74. The summed E-state index contributed by atoms with van der Waals surface area (Å²) in [7, 11) is 0. The molecule has 0 amide bonds. The van der Waals surface area contributed by atoms with Crippen molar-refractivity contribution in [2.45, 2.75) is 6.92 Å². The van der Waals surface area contributed by atoms with E-state index in [4.69, 9.17) is 14.6 Å². The van der Waals surface area contributed by atoms with E-state index in [1.165, 1.54) is 12.3 Å². The molecule has 0 spiro atoms. The number of carboxylic acids is 1. The van der Waals surface area contributed by atoms with Crippen molar-refractivity contribution >= 4 is 5.97 Å². The number of carboxylic acid groups (broad SMARTS) is 1. The fourth-order valence-electron chi connectivity index (χ4n) is 1.32. The fraction of sp³-hybridized carbons (Fsp3) is 0.500. The van der Waals surface area contributed by atoms with Gasteiger partial charge in [-0.2, -0.15) is 5.10 Å². The second-order valence-electron chi connectivity index (χ2n) is 4.18. The SMILES string of the molecule is CC1(COc2cc(C(=O)O)cnn2)COC1. The molecule has 0 bridgehead atoms. The second kappa shape index (κ2) is 4.05. The van der Waals surface area contributed by atoms with E-state index in [9.17, 15) is 4.79 Å². The van der Waals surface area contributed by atoms with Gasteiger partial charge in [-0.25, -0.2) is 4.79 Å². The van der Waals surface area contributed by atoms with E-state index in [0.717, 1.165) is 0 Å². The minimum atomic E-state index is -1.04. The van der Waals surface area contributed by atoms with Crippen LogP contribution < -0.4 is 4.74 Å². The van der Waals surface area contributed by atoms with Crippen molar-refractivity contribution in [3.8, 4) is 5.88 Å². The minimum Gasteiger partial charge on any atom is -0.478 e. The van der Waals surface area contributed by atoms with Crippen molar-refractivity contribution in [3.05, 3.63) is 17.8 Å². The number of nitrogens with zero attached hydrogens (tertiary/aromatic N) is 2. The van der Waals surface area contributed by atoms with E-state index in [1.807, 2.05) is 6.92 Å². The molecule has 16 heavy (non-hydrogen) atoms. The van der Waals surface area contributed by atoms with Crippen LogP contribution in [0.5, 0.6) is 5.88 Å². The molecule has 1 N–H and O–H groups in total. The van der Waals surface area contributed by atoms with E-state index in [1.54, 1.807) is 0 Å². The molecule has 6 nitrogen and oxygen atoms in total. The van der Waals surface area contributed by atoms with Gasteiger partial charge in [0.05, 0.1) is 31.6 Å². The van der Waals surface area contributed by atoms with Crippen molar-refractivity contribution in [1.82, 2.24) is 10.2 Å². The molecule has 2 rings (SSSR count). The number of carbonyl (C=O) groups is 1. The molecular formula is C10H12N2O4. The van der Waals surface area contributed by atoms with Crippen LogP contribution in [0.25, 0.3) is 0 Å². The quantitative estimate of drug-likeness (QED) is 0.806. The third kappa shape index (κ3) is 2.27. The lowest BCUT2D eigenvalue weighted by Crippen LogP contribution is -2.44. The van der Waals surface area contributed by atoms with Crippen molar-refractivity contribution < 1.29 is 19.4 Å². The molecule has 0 aliphatic carbocycles. The maximum Gasteiger partial charge on any atom is 0.337 e. The first kappa shape index (κ1) is 10.8. The number of aromatic nitrogens is 2. The average molecular weight is 224 g/mol. The Bertz CT molecular complexity index is 404. The summed E-state index contributed by atoms with van der Waals surface area (Å²) in [6.07, 6.45) is 1.18. The summed E-state index contributed by atoms with van der Waals surface area (Å²) < 4.78 is 10.5. The lowest BCUT2D eigenvalue weighted by molar-refractivity contribution is -0.120. The molecule has 0 radical (unpaired) electrons. The molecule has 0 saturated carbocycles. The zero-order chi connectivity index (χ0) is 11.6. The van der Waals surface area contributed by atoms with Gasteiger partial charge in [-0.3, -0.25) is 0 Å². The summed E-state index contributed by atoms with van der Waals surface area (Å²) in [5.41, 5.74) is 0.0704. The zero-order valence-electron chi connectivity index (χ0n) is 8.84. The van der Waals surface area contributed by atoms with Crippen LogP contribution >= 0.6 is 0 Å². The highest BCUT2D eigenvalue weighted by Gasteiger charge is 2.34. The standard InChI is InChI=1S/C10H12N2O4/c1-10(4-15-5-10)6-16-8-2-7(9(13)14)3-11-12-8/h2-3H,4-6H2,1H3,(H,13,14). The number of ether oxygens (including phenoxy) is 2. The number of hydrogen-bond donors (Lipinski definition) is 1. The van der Waals surface area contributed by atoms with Gasteiger partial charge in [0.1, 0.15) is 0 Å². The number of aromatic carboxylic acids is 1. The van der Waals surface area contributed by atoms with Crippen LogP contribution in [0.15, 0.2) is 12.3 Å². The minimum absolute atomic E-state index is 0.000901. The van der Waals surface area contributed by atoms with Gasteiger partial charge in [0.2, 0.25) is 5.88 Å². The summed E-state index contributed by atoms with van der Waals surface area (Å²) in [4.78, 5) is 10.7. The van der Waals surface area contributed by atoms with Crippen LogP contribution in [0.3, 0.4) is 0 Å². The molecule has 0 unspecified atom stereocenters. The molecule has 1 saturated heterocycles. The highest BCUT2D eigenvalue weighted by molar-refractivity contribution is 5.87. The van der Waals surface area contributed by atoms with E-state index in [2.05, 4.69) is 10.2 Å². The maximum atomic E-state index is 10.7. The smallest absolute Gasteiger partial charge is 0.337 e.